The summed E-state index contributed by atoms with van der Waals surface area (Å²) in [5.74, 6) is 0. The number of rotatable bonds is 2. The van der Waals surface area contributed by atoms with Gasteiger partial charge >= 0.3 is 17.4 Å². The van der Waals surface area contributed by atoms with E-state index in [1.54, 1.807) is 0 Å². The molecule has 0 aliphatic heterocycles. The van der Waals surface area contributed by atoms with Gasteiger partial charge < -0.3 is 13.8 Å². The fourth-order valence-corrected chi connectivity index (χ4v) is 0.177. The average Bonchev–Trinajstić information content (AvgIpc) is 1.41. The van der Waals surface area contributed by atoms with E-state index < -0.39 is 0 Å². The van der Waals surface area contributed by atoms with Crippen LogP contribution in [-0.2, 0) is 17.4 Å². The molecule has 0 saturated heterocycles. The molecule has 0 aromatic heterocycles. The first-order valence-electron chi connectivity index (χ1n) is 2.00. The van der Waals surface area contributed by atoms with Gasteiger partial charge in [0.05, 0.1) is 0 Å². The summed E-state index contributed by atoms with van der Waals surface area (Å²) in [5, 5.41) is 0. The summed E-state index contributed by atoms with van der Waals surface area (Å²) in [7, 11) is 0. The van der Waals surface area contributed by atoms with E-state index in [2.05, 4.69) is 13.8 Å². The van der Waals surface area contributed by atoms with Crippen LogP contribution in [0.2, 0.25) is 0 Å². The summed E-state index contributed by atoms with van der Waals surface area (Å²) in [6, 6.07) is 0. The zero-order chi connectivity index (χ0) is 4.12. The van der Waals surface area contributed by atoms with E-state index in [1.807, 2.05) is 0 Å². The van der Waals surface area contributed by atoms with E-state index in [9.17, 15) is 0 Å². The topological polar surface area (TPSA) is 0 Å². The van der Waals surface area contributed by atoms with Crippen molar-refractivity contribution in [2.24, 2.45) is 0 Å². The first-order valence-corrected chi connectivity index (χ1v) is 2.00. The van der Waals surface area contributed by atoms with Crippen molar-refractivity contribution in [2.45, 2.75) is 19.3 Å². The molecule has 1 heteroatoms. The fraction of sp³-hybridized carbons (Fsp3) is 0.600. The van der Waals surface area contributed by atoms with Crippen molar-refractivity contribution >= 4 is 0 Å². The predicted molar refractivity (Wildman–Crippen MR) is 24.6 cm³/mol. The predicted octanol–water partition coefficient (Wildman–Crippen LogP) is 1.82. The third-order valence-electron chi connectivity index (χ3n) is 0.500. The van der Waals surface area contributed by atoms with Crippen LogP contribution in [0.5, 0.6) is 0 Å². The van der Waals surface area contributed by atoms with Crippen molar-refractivity contribution < 1.29 is 17.4 Å². The van der Waals surface area contributed by atoms with Crippen LogP contribution in [0.4, 0.5) is 0 Å². The Morgan fingerprint density at radius 1 is 1.00 bits per heavy atom. The van der Waals surface area contributed by atoms with Crippen LogP contribution in [0.3, 0.4) is 0 Å². The standard InChI is InChI=1S/C5H10.Cr/c1-3-5-4-2;/h1-5H2;/q-2;+2. The van der Waals surface area contributed by atoms with E-state index in [0.29, 0.717) is 0 Å². The number of unbranched alkanes of at least 4 members (excludes halogenated alkanes) is 2. The molecule has 0 rings (SSSR count). The van der Waals surface area contributed by atoms with Gasteiger partial charge in [0.25, 0.3) is 0 Å². The quantitative estimate of drug-likeness (QED) is 0.490. The van der Waals surface area contributed by atoms with Crippen molar-refractivity contribution in [3.05, 3.63) is 13.8 Å². The Morgan fingerprint density at radius 3 is 1.33 bits per heavy atom. The van der Waals surface area contributed by atoms with E-state index in [0.717, 1.165) is 12.8 Å². The third-order valence-corrected chi connectivity index (χ3v) is 0.500. The van der Waals surface area contributed by atoms with Crippen molar-refractivity contribution in [3.8, 4) is 0 Å². The number of hydrogen-bond donors (Lipinski definition) is 0. The molecule has 0 atom stereocenters. The molecule has 0 aromatic rings. The van der Waals surface area contributed by atoms with Gasteiger partial charge in [-0.3, -0.25) is 0 Å². The van der Waals surface area contributed by atoms with Gasteiger partial charge in [-0.25, -0.2) is 0 Å². The Labute approximate surface area is 51.1 Å². The van der Waals surface area contributed by atoms with Gasteiger partial charge in [-0.05, 0) is 0 Å². The Morgan fingerprint density at radius 2 is 1.33 bits per heavy atom. The monoisotopic (exact) mass is 122 g/mol. The third kappa shape index (κ3) is 8.82. The first-order chi connectivity index (χ1) is 2.41. The zero-order valence-corrected chi connectivity index (χ0v) is 5.22. The van der Waals surface area contributed by atoms with Crippen molar-refractivity contribution in [2.75, 3.05) is 0 Å². The average molecular weight is 122 g/mol. The maximum absolute atomic E-state index is 3.64. The largest absolute Gasteiger partial charge is 2.00 e. The molecular formula is C5H10Cr. The van der Waals surface area contributed by atoms with Crippen LogP contribution >= 0.6 is 0 Å². The van der Waals surface area contributed by atoms with E-state index >= 15 is 0 Å². The van der Waals surface area contributed by atoms with Gasteiger partial charge in [0.1, 0.15) is 0 Å². The molecule has 6 heavy (non-hydrogen) atoms. The molecule has 0 spiro atoms. The zero-order valence-electron chi connectivity index (χ0n) is 3.94. The first kappa shape index (κ1) is 9.73. The minimum absolute atomic E-state index is 0. The van der Waals surface area contributed by atoms with Gasteiger partial charge in [0.2, 0.25) is 0 Å². The second-order valence-corrected chi connectivity index (χ2v) is 1.06. The molecule has 0 nitrogen and oxygen atoms in total. The van der Waals surface area contributed by atoms with Crippen molar-refractivity contribution in [1.82, 2.24) is 0 Å². The second-order valence-electron chi connectivity index (χ2n) is 1.06. The summed E-state index contributed by atoms with van der Waals surface area (Å²) in [5.41, 5.74) is 0. The summed E-state index contributed by atoms with van der Waals surface area (Å²) in [6.45, 7) is 7.27. The van der Waals surface area contributed by atoms with E-state index in [4.69, 9.17) is 0 Å². The molecule has 0 amide bonds. The minimum Gasteiger partial charge on any atom is -0.343 e. The van der Waals surface area contributed by atoms with Gasteiger partial charge in [-0.15, -0.1) is 6.42 Å². The molecular weight excluding hydrogens is 112 g/mol. The SMILES string of the molecule is [CH2-]CCC[CH2-].[Cr+2]. The van der Waals surface area contributed by atoms with Crippen molar-refractivity contribution in [1.29, 1.82) is 0 Å². The summed E-state index contributed by atoms with van der Waals surface area (Å²) >= 11 is 0. The Kier molecular flexibility index (Phi) is 14.8. The molecule has 0 N–H and O–H groups in total. The molecule has 0 aromatic carbocycles. The van der Waals surface area contributed by atoms with Crippen LogP contribution in [0.15, 0.2) is 0 Å². The normalized spacial score (nSPS) is 7.00. The van der Waals surface area contributed by atoms with Gasteiger partial charge in [0.15, 0.2) is 0 Å². The molecule has 0 bridgehead atoms. The fourth-order valence-electron chi connectivity index (χ4n) is 0.177. The van der Waals surface area contributed by atoms with Crippen LogP contribution < -0.4 is 0 Å². The van der Waals surface area contributed by atoms with Crippen molar-refractivity contribution in [3.63, 3.8) is 0 Å². The maximum atomic E-state index is 3.64. The minimum atomic E-state index is 0. The van der Waals surface area contributed by atoms with E-state index in [1.165, 1.54) is 6.42 Å². The van der Waals surface area contributed by atoms with Crippen LogP contribution in [0, 0.1) is 13.8 Å². The molecule has 0 heterocycles. The summed E-state index contributed by atoms with van der Waals surface area (Å²) in [4.78, 5) is 0. The smallest absolute Gasteiger partial charge is 0.343 e. The Bertz CT molecular complexity index is 11.4. The molecule has 0 unspecified atom stereocenters. The van der Waals surface area contributed by atoms with Gasteiger partial charge in [-0.1, -0.05) is 0 Å². The molecule has 0 aliphatic carbocycles. The van der Waals surface area contributed by atoms with Gasteiger partial charge in [-0.2, -0.15) is 12.8 Å². The molecule has 0 saturated carbocycles. The molecule has 0 radical (unpaired) electrons. The Balaban J connectivity index is 0. The van der Waals surface area contributed by atoms with Gasteiger partial charge in [0, 0.05) is 0 Å². The maximum Gasteiger partial charge on any atom is 2.00 e. The summed E-state index contributed by atoms with van der Waals surface area (Å²) in [6.07, 6.45) is 3.23. The van der Waals surface area contributed by atoms with Crippen LogP contribution in [-0.4, -0.2) is 0 Å². The van der Waals surface area contributed by atoms with Crippen LogP contribution in [0.1, 0.15) is 19.3 Å². The molecule has 36 valence electrons. The molecule has 0 fully saturated rings. The summed E-state index contributed by atoms with van der Waals surface area (Å²) < 4.78 is 0. The number of hydrogen-bond acceptors (Lipinski definition) is 0. The molecule has 0 aliphatic rings. The second kappa shape index (κ2) is 9.11. The Hall–Kier alpha value is 0.532. The van der Waals surface area contributed by atoms with Crippen LogP contribution in [0.25, 0.3) is 0 Å². The van der Waals surface area contributed by atoms with E-state index in [-0.39, 0.29) is 17.4 Å².